The maximum absolute atomic E-state index is 12.4. The van der Waals surface area contributed by atoms with E-state index in [0.717, 1.165) is 11.4 Å². The number of hydrogen-bond donors (Lipinski definition) is 1. The van der Waals surface area contributed by atoms with Crippen LogP contribution in [0.25, 0.3) is 5.70 Å². The van der Waals surface area contributed by atoms with E-state index in [9.17, 15) is 4.79 Å². The van der Waals surface area contributed by atoms with Crippen molar-refractivity contribution in [2.45, 2.75) is 44.4 Å². The molecule has 1 amide bonds. The predicted octanol–water partition coefficient (Wildman–Crippen LogP) is 3.03. The molecule has 0 saturated carbocycles. The van der Waals surface area contributed by atoms with Gasteiger partial charge in [-0.2, -0.15) is 4.68 Å². The van der Waals surface area contributed by atoms with E-state index in [0.29, 0.717) is 28.5 Å². The Kier molecular flexibility index (Phi) is 5.84. The minimum Gasteiger partial charge on any atom is -0.366 e. The molecule has 1 aliphatic carbocycles. The van der Waals surface area contributed by atoms with Crippen molar-refractivity contribution in [1.82, 2.24) is 35.2 Å². The molecule has 3 aromatic heterocycles. The number of carbonyl (C=O) groups is 1. The number of tetrazole rings is 1. The van der Waals surface area contributed by atoms with Crippen LogP contribution in [0, 0.1) is 0 Å². The van der Waals surface area contributed by atoms with Crippen LogP contribution in [0.1, 0.15) is 56.2 Å². The summed E-state index contributed by atoms with van der Waals surface area (Å²) in [5.74, 6) is 0.0171. The Balaban J connectivity index is 1.98. The lowest BCUT2D eigenvalue weighted by atomic mass is 9.65. The molecule has 164 valence electrons. The van der Waals surface area contributed by atoms with E-state index in [4.69, 9.17) is 17.3 Å². The van der Waals surface area contributed by atoms with Crippen molar-refractivity contribution in [3.8, 4) is 0 Å². The van der Waals surface area contributed by atoms with Crippen molar-refractivity contribution in [1.29, 1.82) is 0 Å². The number of hydrogen-bond acceptors (Lipinski definition) is 7. The minimum absolute atomic E-state index is 0.0683. The van der Waals surface area contributed by atoms with E-state index in [-0.39, 0.29) is 11.8 Å². The Hall–Kier alpha value is -3.46. The predicted molar refractivity (Wildman–Crippen MR) is 119 cm³/mol. The van der Waals surface area contributed by atoms with Crippen LogP contribution >= 0.6 is 11.6 Å². The second kappa shape index (κ2) is 8.58. The van der Waals surface area contributed by atoms with Crippen molar-refractivity contribution in [2.75, 3.05) is 0 Å². The van der Waals surface area contributed by atoms with Crippen LogP contribution in [0.3, 0.4) is 0 Å². The van der Waals surface area contributed by atoms with Gasteiger partial charge in [0.25, 0.3) is 0 Å². The molecule has 0 bridgehead atoms. The SMILES string of the molecule is CC(C)c1nnnn1C1=CC(c2ccc(Cl)cn2)(C(C)c2cnccn2)CC(C(N)=O)=C1. The van der Waals surface area contributed by atoms with Crippen molar-refractivity contribution < 1.29 is 4.79 Å². The van der Waals surface area contributed by atoms with Gasteiger partial charge in [0, 0.05) is 47.6 Å². The number of nitrogens with two attached hydrogens (primary N) is 1. The molecule has 0 fully saturated rings. The number of amides is 1. The molecule has 0 radical (unpaired) electrons. The van der Waals surface area contributed by atoms with Gasteiger partial charge in [0.05, 0.1) is 22.1 Å². The molecule has 3 heterocycles. The molecule has 3 aromatic rings. The fraction of sp³-hybridized carbons (Fsp3) is 0.318. The third-order valence-electron chi connectivity index (χ3n) is 5.79. The lowest BCUT2D eigenvalue weighted by Gasteiger charge is -2.39. The number of rotatable bonds is 6. The Morgan fingerprint density at radius 2 is 2.00 bits per heavy atom. The lowest BCUT2D eigenvalue weighted by molar-refractivity contribution is -0.114. The van der Waals surface area contributed by atoms with Crippen LogP contribution in [-0.2, 0) is 10.2 Å². The van der Waals surface area contributed by atoms with Crippen LogP contribution in [0.4, 0.5) is 0 Å². The fourth-order valence-corrected chi connectivity index (χ4v) is 4.15. The molecule has 0 saturated heterocycles. The number of halogens is 1. The summed E-state index contributed by atoms with van der Waals surface area (Å²) in [7, 11) is 0. The molecule has 0 spiro atoms. The monoisotopic (exact) mass is 450 g/mol. The Morgan fingerprint density at radius 3 is 2.62 bits per heavy atom. The highest BCUT2D eigenvalue weighted by Gasteiger charge is 2.43. The standard InChI is InChI=1S/C22H23ClN8O/c1-13(2)21-28-29-30-31(21)17-8-15(20(24)32)9-22(10-17,19-5-4-16(23)11-27-19)14(3)18-12-25-6-7-26-18/h4-8,10-14H,9H2,1-3H3,(H2,24,32). The summed E-state index contributed by atoms with van der Waals surface area (Å²) in [5, 5.41) is 12.7. The van der Waals surface area contributed by atoms with Gasteiger partial charge < -0.3 is 5.73 Å². The number of pyridine rings is 1. The molecule has 32 heavy (non-hydrogen) atoms. The second-order valence-electron chi connectivity index (χ2n) is 8.14. The van der Waals surface area contributed by atoms with Crippen LogP contribution < -0.4 is 5.73 Å². The molecule has 2 unspecified atom stereocenters. The van der Waals surface area contributed by atoms with Gasteiger partial charge >= 0.3 is 0 Å². The van der Waals surface area contributed by atoms with Gasteiger partial charge in [-0.15, -0.1) is 5.10 Å². The van der Waals surface area contributed by atoms with Gasteiger partial charge in [-0.05, 0) is 41.1 Å². The zero-order valence-corrected chi connectivity index (χ0v) is 18.7. The first-order valence-corrected chi connectivity index (χ1v) is 10.6. The van der Waals surface area contributed by atoms with Crippen molar-refractivity contribution >= 4 is 23.2 Å². The van der Waals surface area contributed by atoms with Crippen LogP contribution in [0.15, 0.2) is 54.6 Å². The Morgan fingerprint density at radius 1 is 1.19 bits per heavy atom. The van der Waals surface area contributed by atoms with E-state index >= 15 is 0 Å². The normalized spacial score (nSPS) is 19.4. The van der Waals surface area contributed by atoms with Gasteiger partial charge in [-0.25, -0.2) is 0 Å². The second-order valence-corrected chi connectivity index (χ2v) is 8.57. The average molecular weight is 451 g/mol. The molecule has 0 aromatic carbocycles. The third-order valence-corrected chi connectivity index (χ3v) is 6.01. The zero-order valence-electron chi connectivity index (χ0n) is 18.0. The summed E-state index contributed by atoms with van der Waals surface area (Å²) in [6.07, 6.45) is 10.7. The molecule has 2 N–H and O–H groups in total. The van der Waals surface area contributed by atoms with Crippen LogP contribution in [-0.4, -0.2) is 41.1 Å². The number of allylic oxidation sites excluding steroid dienone is 3. The first kappa shape index (κ1) is 21.8. The van der Waals surface area contributed by atoms with Gasteiger partial charge in [-0.1, -0.05) is 32.4 Å². The summed E-state index contributed by atoms with van der Waals surface area (Å²) in [6.45, 7) is 6.03. The molecule has 0 aliphatic heterocycles. The summed E-state index contributed by atoms with van der Waals surface area (Å²) in [5.41, 5.74) is 7.58. The third kappa shape index (κ3) is 3.91. The molecule has 10 heteroatoms. The first-order chi connectivity index (χ1) is 15.3. The zero-order chi connectivity index (χ0) is 22.9. The lowest BCUT2D eigenvalue weighted by Crippen LogP contribution is -2.37. The van der Waals surface area contributed by atoms with Gasteiger partial charge in [-0.3, -0.25) is 19.7 Å². The topological polar surface area (TPSA) is 125 Å². The van der Waals surface area contributed by atoms with Crippen molar-refractivity contribution in [3.63, 3.8) is 0 Å². The van der Waals surface area contributed by atoms with Crippen molar-refractivity contribution in [2.24, 2.45) is 5.73 Å². The highest BCUT2D eigenvalue weighted by molar-refractivity contribution is 6.30. The minimum atomic E-state index is -0.769. The molecule has 4 rings (SSSR count). The maximum Gasteiger partial charge on any atom is 0.244 e. The quantitative estimate of drug-likeness (QED) is 0.611. The number of primary amides is 1. The average Bonchev–Trinajstić information content (AvgIpc) is 3.30. The van der Waals surface area contributed by atoms with E-state index < -0.39 is 11.3 Å². The molecular weight excluding hydrogens is 428 g/mol. The largest absolute Gasteiger partial charge is 0.366 e. The van der Waals surface area contributed by atoms with Crippen LogP contribution in [0.5, 0.6) is 0 Å². The Bertz CT molecular complexity index is 1190. The highest BCUT2D eigenvalue weighted by Crippen LogP contribution is 2.47. The van der Waals surface area contributed by atoms with E-state index in [1.54, 1.807) is 41.6 Å². The van der Waals surface area contributed by atoms with Crippen molar-refractivity contribution in [3.05, 3.63) is 76.9 Å². The summed E-state index contributed by atoms with van der Waals surface area (Å²) >= 11 is 6.12. The highest BCUT2D eigenvalue weighted by atomic mass is 35.5. The molecular formula is C22H23ClN8O. The van der Waals surface area contributed by atoms with Gasteiger partial charge in [0.2, 0.25) is 5.91 Å². The maximum atomic E-state index is 12.4. The van der Waals surface area contributed by atoms with Crippen LogP contribution in [0.2, 0.25) is 5.02 Å². The van der Waals surface area contributed by atoms with E-state index in [1.807, 2.05) is 32.9 Å². The van der Waals surface area contributed by atoms with E-state index in [1.165, 1.54) is 0 Å². The first-order valence-electron chi connectivity index (χ1n) is 10.2. The molecule has 9 nitrogen and oxygen atoms in total. The molecule has 2 atom stereocenters. The van der Waals surface area contributed by atoms with Gasteiger partial charge in [0.15, 0.2) is 5.82 Å². The summed E-state index contributed by atoms with van der Waals surface area (Å²) in [4.78, 5) is 25.8. The molecule has 1 aliphatic rings. The number of nitrogens with zero attached hydrogens (tertiary/aromatic N) is 7. The number of carbonyl (C=O) groups excluding carboxylic acids is 1. The summed E-state index contributed by atoms with van der Waals surface area (Å²) in [6, 6.07) is 3.64. The fourth-order valence-electron chi connectivity index (χ4n) is 4.03. The number of aromatic nitrogens is 7. The summed E-state index contributed by atoms with van der Waals surface area (Å²) < 4.78 is 1.64. The van der Waals surface area contributed by atoms with E-state index in [2.05, 4.69) is 30.5 Å². The Labute approximate surface area is 190 Å². The smallest absolute Gasteiger partial charge is 0.244 e. The van der Waals surface area contributed by atoms with Gasteiger partial charge in [0.1, 0.15) is 0 Å².